The van der Waals surface area contributed by atoms with E-state index in [9.17, 15) is 4.79 Å². The van der Waals surface area contributed by atoms with Crippen LogP contribution in [0.15, 0.2) is 47.8 Å². The van der Waals surface area contributed by atoms with Gasteiger partial charge in [-0.2, -0.15) is 5.10 Å². The predicted octanol–water partition coefficient (Wildman–Crippen LogP) is 1.41. The van der Waals surface area contributed by atoms with Crippen LogP contribution < -0.4 is 11.2 Å². The average molecular weight is 253 g/mol. The van der Waals surface area contributed by atoms with Crippen LogP contribution in [0.3, 0.4) is 0 Å². The number of nitrogens with one attached hydrogen (secondary N) is 2. The van der Waals surface area contributed by atoms with E-state index in [2.05, 4.69) is 20.2 Å². The molecule has 0 saturated carbocycles. The van der Waals surface area contributed by atoms with E-state index >= 15 is 0 Å². The third-order valence-electron chi connectivity index (χ3n) is 2.86. The molecule has 0 aliphatic rings. The maximum atomic E-state index is 11.9. The Morgan fingerprint density at radius 2 is 1.95 bits per heavy atom. The van der Waals surface area contributed by atoms with E-state index in [0.717, 1.165) is 5.56 Å². The number of nitrogen functional groups attached to an aromatic ring is 1. The van der Waals surface area contributed by atoms with Crippen LogP contribution in [0.1, 0.15) is 0 Å². The summed E-state index contributed by atoms with van der Waals surface area (Å²) in [4.78, 5) is 18.7. The number of nitrogens with two attached hydrogens (primary N) is 1. The van der Waals surface area contributed by atoms with Crippen molar-refractivity contribution in [3.63, 3.8) is 0 Å². The molecule has 3 rings (SSSR count). The normalized spacial score (nSPS) is 10.5. The molecule has 0 aromatic carbocycles. The molecule has 0 aliphatic heterocycles. The zero-order valence-corrected chi connectivity index (χ0v) is 9.92. The number of hydrogen-bond donors (Lipinski definition) is 3. The maximum Gasteiger partial charge on any atom is 0.190 e. The first-order valence-electron chi connectivity index (χ1n) is 5.69. The van der Waals surface area contributed by atoms with Gasteiger partial charge in [-0.15, -0.1) is 0 Å². The summed E-state index contributed by atoms with van der Waals surface area (Å²) in [6.45, 7) is 0. The van der Waals surface area contributed by atoms with Crippen LogP contribution >= 0.6 is 0 Å². The number of anilines is 1. The van der Waals surface area contributed by atoms with Crippen LogP contribution in [-0.2, 0) is 0 Å². The van der Waals surface area contributed by atoms with Crippen LogP contribution in [-0.4, -0.2) is 20.2 Å². The quantitative estimate of drug-likeness (QED) is 0.642. The van der Waals surface area contributed by atoms with Crippen LogP contribution in [0, 0.1) is 0 Å². The molecule has 3 heterocycles. The van der Waals surface area contributed by atoms with Gasteiger partial charge in [-0.3, -0.25) is 14.9 Å². The molecule has 0 amide bonds. The van der Waals surface area contributed by atoms with E-state index in [1.54, 1.807) is 24.8 Å². The van der Waals surface area contributed by atoms with Gasteiger partial charge in [0.2, 0.25) is 0 Å². The SMILES string of the molecule is Nc1n[nH]c(-c2c[nH]ccc2=O)c1-c1ccncc1. The van der Waals surface area contributed by atoms with E-state index in [1.807, 2.05) is 12.1 Å². The number of pyridine rings is 2. The summed E-state index contributed by atoms with van der Waals surface area (Å²) < 4.78 is 0. The third kappa shape index (κ3) is 1.89. The molecule has 3 aromatic heterocycles. The van der Waals surface area contributed by atoms with Gasteiger partial charge in [-0.05, 0) is 17.7 Å². The van der Waals surface area contributed by atoms with Crippen LogP contribution in [0.4, 0.5) is 5.82 Å². The van der Waals surface area contributed by atoms with E-state index < -0.39 is 0 Å². The second-order valence-corrected chi connectivity index (χ2v) is 4.02. The smallest absolute Gasteiger partial charge is 0.190 e. The summed E-state index contributed by atoms with van der Waals surface area (Å²) in [7, 11) is 0. The Morgan fingerprint density at radius 1 is 1.16 bits per heavy atom. The first-order valence-corrected chi connectivity index (χ1v) is 5.69. The Labute approximate surface area is 108 Å². The molecule has 0 unspecified atom stereocenters. The van der Waals surface area contributed by atoms with Gasteiger partial charge in [0.15, 0.2) is 11.2 Å². The topological polar surface area (TPSA) is 100 Å². The first kappa shape index (κ1) is 11.2. The van der Waals surface area contributed by atoms with Crippen molar-refractivity contribution in [2.45, 2.75) is 0 Å². The standard InChI is InChI=1S/C13H11N5O/c14-13-11(8-1-4-15-5-2-8)12(17-18-13)9-7-16-6-3-10(9)19/h1-7H,(H,16,19)(H3,14,17,18). The number of hydrogen-bond acceptors (Lipinski definition) is 4. The molecule has 0 aliphatic carbocycles. The number of nitrogens with zero attached hydrogens (tertiary/aromatic N) is 2. The van der Waals surface area contributed by atoms with Crippen molar-refractivity contribution < 1.29 is 0 Å². The van der Waals surface area contributed by atoms with Crippen LogP contribution in [0.25, 0.3) is 22.4 Å². The van der Waals surface area contributed by atoms with Crippen LogP contribution in [0.5, 0.6) is 0 Å². The van der Waals surface area contributed by atoms with Gasteiger partial charge < -0.3 is 10.7 Å². The van der Waals surface area contributed by atoms with Crippen molar-refractivity contribution in [1.29, 1.82) is 0 Å². The molecule has 3 aromatic rings. The molecular formula is C13H11N5O. The van der Waals surface area contributed by atoms with Gasteiger partial charge >= 0.3 is 0 Å². The molecular weight excluding hydrogens is 242 g/mol. The number of aromatic amines is 2. The van der Waals surface area contributed by atoms with Crippen molar-refractivity contribution in [3.8, 4) is 22.4 Å². The average Bonchev–Trinajstić information content (AvgIpc) is 2.82. The fraction of sp³-hybridized carbons (Fsp3) is 0. The van der Waals surface area contributed by atoms with E-state index in [0.29, 0.717) is 22.6 Å². The Morgan fingerprint density at radius 3 is 2.68 bits per heavy atom. The molecule has 6 nitrogen and oxygen atoms in total. The highest BCUT2D eigenvalue weighted by atomic mass is 16.1. The molecule has 4 N–H and O–H groups in total. The van der Waals surface area contributed by atoms with Gasteiger partial charge in [-0.1, -0.05) is 0 Å². The van der Waals surface area contributed by atoms with E-state index in [-0.39, 0.29) is 5.43 Å². The van der Waals surface area contributed by atoms with E-state index in [4.69, 9.17) is 5.73 Å². The molecule has 0 atom stereocenters. The zero-order chi connectivity index (χ0) is 13.2. The number of H-pyrrole nitrogens is 2. The Bertz CT molecular complexity index is 760. The molecule has 0 bridgehead atoms. The van der Waals surface area contributed by atoms with Crippen LogP contribution in [0.2, 0.25) is 0 Å². The lowest BCUT2D eigenvalue weighted by Gasteiger charge is -2.03. The Kier molecular flexibility index (Phi) is 2.60. The lowest BCUT2D eigenvalue weighted by Crippen LogP contribution is -2.03. The molecule has 0 radical (unpaired) electrons. The minimum Gasteiger partial charge on any atom is -0.382 e. The van der Waals surface area contributed by atoms with E-state index in [1.165, 1.54) is 6.07 Å². The van der Waals surface area contributed by atoms with Gasteiger partial charge in [-0.25, -0.2) is 0 Å². The fourth-order valence-electron chi connectivity index (χ4n) is 1.97. The van der Waals surface area contributed by atoms with Gasteiger partial charge in [0.25, 0.3) is 0 Å². The summed E-state index contributed by atoms with van der Waals surface area (Å²) in [5.41, 5.74) is 8.46. The monoisotopic (exact) mass is 253 g/mol. The Balaban J connectivity index is 2.26. The Hall–Kier alpha value is -2.89. The number of rotatable bonds is 2. The minimum atomic E-state index is -0.0993. The predicted molar refractivity (Wildman–Crippen MR) is 72.3 cm³/mol. The van der Waals surface area contributed by atoms with Crippen molar-refractivity contribution in [2.24, 2.45) is 0 Å². The first-order chi connectivity index (χ1) is 9.27. The zero-order valence-electron chi connectivity index (χ0n) is 9.92. The highest BCUT2D eigenvalue weighted by molar-refractivity contribution is 5.87. The largest absolute Gasteiger partial charge is 0.382 e. The fourth-order valence-corrected chi connectivity index (χ4v) is 1.97. The summed E-state index contributed by atoms with van der Waals surface area (Å²) >= 11 is 0. The van der Waals surface area contributed by atoms with Crippen molar-refractivity contribution >= 4 is 5.82 Å². The van der Waals surface area contributed by atoms with Crippen molar-refractivity contribution in [1.82, 2.24) is 20.2 Å². The highest BCUT2D eigenvalue weighted by Crippen LogP contribution is 2.32. The third-order valence-corrected chi connectivity index (χ3v) is 2.86. The molecule has 94 valence electrons. The second kappa shape index (κ2) is 4.41. The maximum absolute atomic E-state index is 11.9. The second-order valence-electron chi connectivity index (χ2n) is 4.02. The van der Waals surface area contributed by atoms with Gasteiger partial charge in [0.1, 0.15) is 0 Å². The van der Waals surface area contributed by atoms with Crippen molar-refractivity contribution in [3.05, 3.63) is 53.2 Å². The summed E-state index contributed by atoms with van der Waals surface area (Å²) in [6, 6.07) is 5.10. The lowest BCUT2D eigenvalue weighted by atomic mass is 10.0. The van der Waals surface area contributed by atoms with Gasteiger partial charge in [0.05, 0.1) is 16.8 Å². The van der Waals surface area contributed by atoms with Gasteiger partial charge in [0, 0.05) is 30.9 Å². The molecule has 0 fully saturated rings. The molecule has 6 heteroatoms. The highest BCUT2D eigenvalue weighted by Gasteiger charge is 2.16. The summed E-state index contributed by atoms with van der Waals surface area (Å²) in [5.74, 6) is 0.351. The number of aromatic nitrogens is 4. The minimum absolute atomic E-state index is 0.0993. The van der Waals surface area contributed by atoms with Crippen molar-refractivity contribution in [2.75, 3.05) is 5.73 Å². The molecule has 0 spiro atoms. The summed E-state index contributed by atoms with van der Waals surface area (Å²) in [6.07, 6.45) is 6.54. The lowest BCUT2D eigenvalue weighted by molar-refractivity contribution is 1.10. The molecule has 19 heavy (non-hydrogen) atoms. The summed E-state index contributed by atoms with van der Waals surface area (Å²) in [5, 5.41) is 6.80. The molecule has 0 saturated heterocycles.